The van der Waals surface area contributed by atoms with Crippen molar-refractivity contribution < 1.29 is 28.2 Å². The van der Waals surface area contributed by atoms with Crippen LogP contribution in [0.2, 0.25) is 0 Å². The second-order valence-electron chi connectivity index (χ2n) is 8.38. The van der Waals surface area contributed by atoms with Crippen LogP contribution < -0.4 is 14.2 Å². The van der Waals surface area contributed by atoms with Gasteiger partial charge in [0.25, 0.3) is 0 Å². The smallest absolute Gasteiger partial charge is 0.226 e. The molecule has 1 heterocycles. The van der Waals surface area contributed by atoms with Crippen LogP contribution >= 0.6 is 0 Å². The summed E-state index contributed by atoms with van der Waals surface area (Å²) < 4.78 is 21.8. The van der Waals surface area contributed by atoms with E-state index in [0.29, 0.717) is 48.1 Å². The molecule has 2 aromatic carbocycles. The van der Waals surface area contributed by atoms with Gasteiger partial charge >= 0.3 is 0 Å². The topological polar surface area (TPSA) is 87.9 Å². The number of hydrogen-bond donors (Lipinski definition) is 0. The molecular formula is C28H33NO6. The fourth-order valence-corrected chi connectivity index (χ4v) is 3.99. The predicted molar refractivity (Wildman–Crippen MR) is 133 cm³/mol. The van der Waals surface area contributed by atoms with Crippen LogP contribution in [-0.4, -0.2) is 37.9 Å². The van der Waals surface area contributed by atoms with Crippen molar-refractivity contribution >= 4 is 11.6 Å². The Balaban J connectivity index is 1.53. The predicted octanol–water partition coefficient (Wildman–Crippen LogP) is 5.33. The molecular weight excluding hydrogens is 446 g/mol. The van der Waals surface area contributed by atoms with Gasteiger partial charge in [-0.3, -0.25) is 9.59 Å². The lowest BCUT2D eigenvalue weighted by atomic mass is 10.0. The molecule has 0 unspecified atom stereocenters. The van der Waals surface area contributed by atoms with Crippen molar-refractivity contribution in [2.75, 3.05) is 21.3 Å². The maximum Gasteiger partial charge on any atom is 0.226 e. The minimum atomic E-state index is -0.159. The molecule has 0 saturated carbocycles. The van der Waals surface area contributed by atoms with Gasteiger partial charge in [0.05, 0.1) is 39.9 Å². The fraction of sp³-hybridized carbons (Fsp3) is 0.393. The van der Waals surface area contributed by atoms with Crippen LogP contribution in [-0.2, 0) is 28.9 Å². The Morgan fingerprint density at radius 2 is 1.63 bits per heavy atom. The van der Waals surface area contributed by atoms with Crippen molar-refractivity contribution in [1.82, 2.24) is 4.98 Å². The number of benzene rings is 2. The number of carbonyl (C=O) groups excluding carboxylic acids is 2. The van der Waals surface area contributed by atoms with Crippen LogP contribution in [0.5, 0.6) is 17.2 Å². The van der Waals surface area contributed by atoms with Crippen LogP contribution in [0.1, 0.15) is 48.8 Å². The number of hydrogen-bond acceptors (Lipinski definition) is 7. The molecule has 7 nitrogen and oxygen atoms in total. The molecule has 186 valence electrons. The standard InChI is InChI=1S/C28H33NO6/c1-6-20-15-21(11-13-25(20)32-3)28-29-24(18(2)35-28)17-23(31)16-22(30)9-7-8-19-10-12-26(33-4)27(14-19)34-5/h10-15H,6-9,16-17H2,1-5H3. The summed E-state index contributed by atoms with van der Waals surface area (Å²) in [5, 5.41) is 0. The van der Waals surface area contributed by atoms with E-state index in [2.05, 4.69) is 11.9 Å². The Morgan fingerprint density at radius 3 is 2.31 bits per heavy atom. The van der Waals surface area contributed by atoms with E-state index >= 15 is 0 Å². The van der Waals surface area contributed by atoms with Gasteiger partial charge in [-0.05, 0) is 67.6 Å². The lowest BCUT2D eigenvalue weighted by Crippen LogP contribution is -2.11. The zero-order chi connectivity index (χ0) is 25.4. The van der Waals surface area contributed by atoms with E-state index in [1.54, 1.807) is 28.3 Å². The quantitative estimate of drug-likeness (QED) is 0.306. The molecule has 0 atom stereocenters. The number of Topliss-reactive ketones (excluding diaryl/α,β-unsaturated/α-hetero) is 2. The Bertz CT molecular complexity index is 1180. The molecule has 0 saturated heterocycles. The van der Waals surface area contributed by atoms with Crippen LogP contribution in [0, 0.1) is 6.92 Å². The van der Waals surface area contributed by atoms with Crippen molar-refractivity contribution in [3.63, 3.8) is 0 Å². The SMILES string of the molecule is CCc1cc(-c2nc(CC(=O)CC(=O)CCCc3ccc(OC)c(OC)c3)c(C)o2)ccc1OC. The minimum absolute atomic E-state index is 0.0698. The third-order valence-corrected chi connectivity index (χ3v) is 5.93. The van der Waals surface area contributed by atoms with Crippen LogP contribution in [0.15, 0.2) is 40.8 Å². The summed E-state index contributed by atoms with van der Waals surface area (Å²) in [6.07, 6.45) is 2.51. The van der Waals surface area contributed by atoms with E-state index < -0.39 is 0 Å². The molecule has 0 fully saturated rings. The van der Waals surface area contributed by atoms with E-state index in [4.69, 9.17) is 18.6 Å². The highest BCUT2D eigenvalue weighted by Crippen LogP contribution is 2.29. The average molecular weight is 480 g/mol. The molecule has 35 heavy (non-hydrogen) atoms. The second-order valence-corrected chi connectivity index (χ2v) is 8.38. The highest BCUT2D eigenvalue weighted by atomic mass is 16.5. The fourth-order valence-electron chi connectivity index (χ4n) is 3.99. The van der Waals surface area contributed by atoms with E-state index in [1.165, 1.54) is 0 Å². The van der Waals surface area contributed by atoms with Crippen molar-refractivity contribution in [1.29, 1.82) is 0 Å². The first-order valence-corrected chi connectivity index (χ1v) is 11.8. The summed E-state index contributed by atoms with van der Waals surface area (Å²) in [5.41, 5.74) is 3.50. The minimum Gasteiger partial charge on any atom is -0.496 e. The zero-order valence-electron chi connectivity index (χ0n) is 21.1. The Labute approximate surface area is 206 Å². The van der Waals surface area contributed by atoms with Gasteiger partial charge in [0.15, 0.2) is 11.5 Å². The summed E-state index contributed by atoms with van der Waals surface area (Å²) in [6.45, 7) is 3.84. The van der Waals surface area contributed by atoms with Gasteiger partial charge in [0.2, 0.25) is 5.89 Å². The number of aryl methyl sites for hydroxylation is 3. The molecule has 0 spiro atoms. The monoisotopic (exact) mass is 479 g/mol. The highest BCUT2D eigenvalue weighted by molar-refractivity contribution is 5.99. The number of rotatable bonds is 13. The van der Waals surface area contributed by atoms with Gasteiger partial charge in [-0.1, -0.05) is 13.0 Å². The van der Waals surface area contributed by atoms with Crippen molar-refractivity contribution in [2.24, 2.45) is 0 Å². The van der Waals surface area contributed by atoms with Crippen LogP contribution in [0.4, 0.5) is 0 Å². The van der Waals surface area contributed by atoms with E-state index in [0.717, 1.165) is 28.9 Å². The Hall–Kier alpha value is -3.61. The first-order valence-electron chi connectivity index (χ1n) is 11.8. The van der Waals surface area contributed by atoms with E-state index in [9.17, 15) is 9.59 Å². The largest absolute Gasteiger partial charge is 0.496 e. The molecule has 3 aromatic rings. The molecule has 7 heteroatoms. The average Bonchev–Trinajstić information content (AvgIpc) is 3.22. The molecule has 0 bridgehead atoms. The summed E-state index contributed by atoms with van der Waals surface area (Å²) >= 11 is 0. The van der Waals surface area contributed by atoms with Crippen molar-refractivity contribution in [2.45, 2.75) is 52.4 Å². The van der Waals surface area contributed by atoms with E-state index in [1.807, 2.05) is 36.4 Å². The molecule has 0 radical (unpaired) electrons. The first-order chi connectivity index (χ1) is 16.9. The Morgan fingerprint density at radius 1 is 0.914 bits per heavy atom. The number of methoxy groups -OCH3 is 3. The molecule has 0 N–H and O–H groups in total. The number of ketones is 2. The van der Waals surface area contributed by atoms with Gasteiger partial charge in [-0.2, -0.15) is 0 Å². The number of nitrogens with zero attached hydrogens (tertiary/aromatic N) is 1. The molecule has 3 rings (SSSR count). The lowest BCUT2D eigenvalue weighted by Gasteiger charge is -2.09. The maximum atomic E-state index is 12.5. The van der Waals surface area contributed by atoms with Crippen molar-refractivity contribution in [3.05, 3.63) is 59.0 Å². The second kappa shape index (κ2) is 12.2. The van der Waals surface area contributed by atoms with Gasteiger partial charge in [0, 0.05) is 12.0 Å². The molecule has 0 aliphatic heterocycles. The summed E-state index contributed by atoms with van der Waals surface area (Å²) in [5.74, 6) is 2.97. The van der Waals surface area contributed by atoms with Crippen LogP contribution in [0.25, 0.3) is 11.5 Å². The molecule has 0 amide bonds. The third kappa shape index (κ3) is 6.72. The third-order valence-electron chi connectivity index (χ3n) is 5.93. The van der Waals surface area contributed by atoms with Gasteiger partial charge in [-0.25, -0.2) is 4.98 Å². The van der Waals surface area contributed by atoms with Gasteiger partial charge in [0.1, 0.15) is 23.1 Å². The van der Waals surface area contributed by atoms with Gasteiger partial charge in [-0.15, -0.1) is 0 Å². The summed E-state index contributed by atoms with van der Waals surface area (Å²) in [7, 11) is 4.83. The molecule has 0 aliphatic carbocycles. The van der Waals surface area contributed by atoms with E-state index in [-0.39, 0.29) is 24.4 Å². The maximum absolute atomic E-state index is 12.5. The first kappa shape index (κ1) is 26.0. The highest BCUT2D eigenvalue weighted by Gasteiger charge is 2.18. The zero-order valence-corrected chi connectivity index (χ0v) is 21.1. The molecule has 1 aromatic heterocycles. The molecule has 0 aliphatic rings. The lowest BCUT2D eigenvalue weighted by molar-refractivity contribution is -0.126. The number of oxazole rings is 1. The number of carbonyl (C=O) groups is 2. The number of ether oxygens (including phenoxy) is 3. The van der Waals surface area contributed by atoms with Gasteiger partial charge < -0.3 is 18.6 Å². The summed E-state index contributed by atoms with van der Waals surface area (Å²) in [6, 6.07) is 11.5. The van der Waals surface area contributed by atoms with Crippen LogP contribution in [0.3, 0.4) is 0 Å². The number of aromatic nitrogens is 1. The summed E-state index contributed by atoms with van der Waals surface area (Å²) in [4.78, 5) is 29.5. The Kier molecular flexibility index (Phi) is 9.06. The van der Waals surface area contributed by atoms with Crippen molar-refractivity contribution in [3.8, 4) is 28.7 Å². The normalized spacial score (nSPS) is 10.8.